The molecular weight excluding hydrogens is 234 g/mol. The van der Waals surface area contributed by atoms with Gasteiger partial charge in [-0.3, -0.25) is 0 Å². The summed E-state index contributed by atoms with van der Waals surface area (Å²) in [5.41, 5.74) is 6.57. The molecule has 0 saturated carbocycles. The van der Waals surface area contributed by atoms with E-state index in [0.717, 1.165) is 0 Å². The number of hydrogen-bond donors (Lipinski definition) is 1. The maximum Gasteiger partial charge on any atom is 0.341 e. The number of benzene rings is 1. The van der Waals surface area contributed by atoms with Gasteiger partial charge in [-0.1, -0.05) is 6.07 Å². The Hall–Kier alpha value is -1.75. The van der Waals surface area contributed by atoms with E-state index in [1.54, 1.807) is 32.2 Å². The first kappa shape index (κ1) is 14.3. The second-order valence-electron chi connectivity index (χ2n) is 3.83. The highest BCUT2D eigenvalue weighted by molar-refractivity contribution is 5.94. The topological polar surface area (TPSA) is 70.8 Å². The lowest BCUT2D eigenvalue weighted by molar-refractivity contribution is 0.0511. The summed E-state index contributed by atoms with van der Waals surface area (Å²) in [4.78, 5) is 11.8. The smallest absolute Gasteiger partial charge is 0.341 e. The first-order chi connectivity index (χ1) is 8.60. The highest BCUT2D eigenvalue weighted by Crippen LogP contribution is 2.28. The van der Waals surface area contributed by atoms with Crippen LogP contribution < -0.4 is 10.5 Å². The molecule has 18 heavy (non-hydrogen) atoms. The number of anilines is 1. The molecule has 2 N–H and O–H groups in total. The van der Waals surface area contributed by atoms with Crippen molar-refractivity contribution < 1.29 is 19.0 Å². The van der Waals surface area contributed by atoms with Crippen molar-refractivity contribution in [3.63, 3.8) is 0 Å². The molecule has 0 amide bonds. The van der Waals surface area contributed by atoms with Crippen LogP contribution in [-0.4, -0.2) is 32.4 Å². The number of esters is 1. The van der Waals surface area contributed by atoms with E-state index in [1.807, 2.05) is 6.92 Å². The summed E-state index contributed by atoms with van der Waals surface area (Å²) in [5, 5.41) is 0. The summed E-state index contributed by atoms with van der Waals surface area (Å²) in [6.45, 7) is 4.31. The summed E-state index contributed by atoms with van der Waals surface area (Å²) in [5.74, 6) is -0.0927. The van der Waals surface area contributed by atoms with Gasteiger partial charge in [0.25, 0.3) is 0 Å². The van der Waals surface area contributed by atoms with Crippen molar-refractivity contribution in [3.8, 4) is 5.75 Å². The number of ether oxygens (including phenoxy) is 3. The quantitative estimate of drug-likeness (QED) is 0.619. The van der Waals surface area contributed by atoms with Crippen LogP contribution in [-0.2, 0) is 9.47 Å². The Morgan fingerprint density at radius 2 is 2.17 bits per heavy atom. The van der Waals surface area contributed by atoms with Crippen LogP contribution in [0.3, 0.4) is 0 Å². The molecule has 5 heteroatoms. The predicted octanol–water partition coefficient (Wildman–Crippen LogP) is 1.86. The van der Waals surface area contributed by atoms with E-state index in [1.165, 1.54) is 0 Å². The van der Waals surface area contributed by atoms with Crippen LogP contribution in [0, 0.1) is 0 Å². The molecule has 5 nitrogen and oxygen atoms in total. The third kappa shape index (κ3) is 3.63. The van der Waals surface area contributed by atoms with Crippen LogP contribution in [0.4, 0.5) is 5.69 Å². The normalized spacial score (nSPS) is 11.9. The van der Waals surface area contributed by atoms with Crippen LogP contribution in [0.2, 0.25) is 0 Å². The molecule has 1 atom stereocenters. The zero-order valence-corrected chi connectivity index (χ0v) is 10.9. The van der Waals surface area contributed by atoms with Gasteiger partial charge in [-0.05, 0) is 26.0 Å². The number of methoxy groups -OCH3 is 1. The van der Waals surface area contributed by atoms with E-state index in [-0.39, 0.29) is 6.10 Å². The first-order valence-electron chi connectivity index (χ1n) is 5.81. The van der Waals surface area contributed by atoms with Gasteiger partial charge >= 0.3 is 5.97 Å². The first-order valence-corrected chi connectivity index (χ1v) is 5.81. The molecule has 0 saturated heterocycles. The third-order valence-electron chi connectivity index (χ3n) is 2.26. The Labute approximate surface area is 107 Å². The van der Waals surface area contributed by atoms with E-state index >= 15 is 0 Å². The molecule has 0 aliphatic heterocycles. The Bertz CT molecular complexity index is 406. The van der Waals surface area contributed by atoms with Crippen molar-refractivity contribution in [1.82, 2.24) is 0 Å². The zero-order valence-electron chi connectivity index (χ0n) is 10.9. The SMILES string of the molecule is CCOC(=O)c1cccc(N)c1OC(C)COC. The molecule has 1 aromatic rings. The number of rotatable bonds is 6. The molecule has 0 aromatic heterocycles. The summed E-state index contributed by atoms with van der Waals surface area (Å²) in [7, 11) is 1.58. The minimum atomic E-state index is -0.440. The van der Waals surface area contributed by atoms with Crippen molar-refractivity contribution in [2.75, 3.05) is 26.1 Å². The summed E-state index contributed by atoms with van der Waals surface area (Å²) >= 11 is 0. The molecule has 0 bridgehead atoms. The second-order valence-corrected chi connectivity index (χ2v) is 3.83. The van der Waals surface area contributed by atoms with Gasteiger partial charge in [-0.15, -0.1) is 0 Å². The van der Waals surface area contributed by atoms with Crippen LogP contribution >= 0.6 is 0 Å². The number of hydrogen-bond acceptors (Lipinski definition) is 5. The lowest BCUT2D eigenvalue weighted by Gasteiger charge is -2.17. The second kappa shape index (κ2) is 6.86. The fraction of sp³-hybridized carbons (Fsp3) is 0.462. The number of nitrogens with two attached hydrogens (primary N) is 1. The molecule has 0 fully saturated rings. The van der Waals surface area contributed by atoms with Crippen molar-refractivity contribution in [2.45, 2.75) is 20.0 Å². The molecule has 100 valence electrons. The number of carbonyl (C=O) groups excluding carboxylic acids is 1. The molecular formula is C13H19NO4. The highest BCUT2D eigenvalue weighted by atomic mass is 16.5. The van der Waals surface area contributed by atoms with Crippen LogP contribution in [0.1, 0.15) is 24.2 Å². The van der Waals surface area contributed by atoms with Gasteiger partial charge in [0.15, 0.2) is 5.75 Å². The van der Waals surface area contributed by atoms with E-state index in [9.17, 15) is 4.79 Å². The minimum absolute atomic E-state index is 0.201. The van der Waals surface area contributed by atoms with E-state index in [0.29, 0.717) is 30.2 Å². The Morgan fingerprint density at radius 1 is 1.44 bits per heavy atom. The van der Waals surface area contributed by atoms with E-state index in [4.69, 9.17) is 19.9 Å². The third-order valence-corrected chi connectivity index (χ3v) is 2.26. The van der Waals surface area contributed by atoms with Gasteiger partial charge in [0.2, 0.25) is 0 Å². The molecule has 0 aliphatic rings. The molecule has 0 spiro atoms. The van der Waals surface area contributed by atoms with Crippen molar-refractivity contribution in [3.05, 3.63) is 23.8 Å². The average molecular weight is 253 g/mol. The molecule has 0 radical (unpaired) electrons. The number of nitrogen functional groups attached to an aromatic ring is 1. The maximum absolute atomic E-state index is 11.8. The largest absolute Gasteiger partial charge is 0.485 e. The molecule has 1 rings (SSSR count). The molecule has 1 aromatic carbocycles. The fourth-order valence-electron chi connectivity index (χ4n) is 1.53. The summed E-state index contributed by atoms with van der Waals surface area (Å²) in [6, 6.07) is 5.00. The van der Waals surface area contributed by atoms with Crippen molar-refractivity contribution in [1.29, 1.82) is 0 Å². The van der Waals surface area contributed by atoms with Crippen molar-refractivity contribution in [2.24, 2.45) is 0 Å². The molecule has 1 unspecified atom stereocenters. The molecule has 0 heterocycles. The fourth-order valence-corrected chi connectivity index (χ4v) is 1.53. The standard InChI is InChI=1S/C13H19NO4/c1-4-17-13(15)10-6-5-7-11(14)12(10)18-9(2)8-16-3/h5-7,9H,4,8,14H2,1-3H3. The van der Waals surface area contributed by atoms with Gasteiger partial charge in [0, 0.05) is 7.11 Å². The van der Waals surface area contributed by atoms with Gasteiger partial charge < -0.3 is 19.9 Å². The van der Waals surface area contributed by atoms with Gasteiger partial charge in [0.05, 0.1) is 18.9 Å². The monoisotopic (exact) mass is 253 g/mol. The van der Waals surface area contributed by atoms with Crippen molar-refractivity contribution >= 4 is 11.7 Å². The summed E-state index contributed by atoms with van der Waals surface area (Å²) in [6.07, 6.45) is -0.201. The average Bonchev–Trinajstić information content (AvgIpc) is 2.32. The lowest BCUT2D eigenvalue weighted by Crippen LogP contribution is -2.20. The van der Waals surface area contributed by atoms with Crippen LogP contribution in [0.25, 0.3) is 0 Å². The van der Waals surface area contributed by atoms with Crippen LogP contribution in [0.15, 0.2) is 18.2 Å². The predicted molar refractivity (Wildman–Crippen MR) is 68.8 cm³/mol. The van der Waals surface area contributed by atoms with E-state index < -0.39 is 5.97 Å². The van der Waals surface area contributed by atoms with E-state index in [2.05, 4.69) is 0 Å². The number of carbonyl (C=O) groups is 1. The maximum atomic E-state index is 11.8. The van der Waals surface area contributed by atoms with Gasteiger partial charge in [-0.2, -0.15) is 0 Å². The summed E-state index contributed by atoms with van der Waals surface area (Å²) < 4.78 is 15.6. The Balaban J connectivity index is 2.97. The molecule has 0 aliphatic carbocycles. The van der Waals surface area contributed by atoms with Gasteiger partial charge in [-0.25, -0.2) is 4.79 Å². The number of para-hydroxylation sites is 1. The van der Waals surface area contributed by atoms with Gasteiger partial charge in [0.1, 0.15) is 11.7 Å². The zero-order chi connectivity index (χ0) is 13.5. The van der Waals surface area contributed by atoms with Crippen LogP contribution in [0.5, 0.6) is 5.75 Å². The Kier molecular flexibility index (Phi) is 5.45. The Morgan fingerprint density at radius 3 is 2.78 bits per heavy atom. The minimum Gasteiger partial charge on any atom is -0.485 e. The highest BCUT2D eigenvalue weighted by Gasteiger charge is 2.18. The lowest BCUT2D eigenvalue weighted by atomic mass is 10.1.